The van der Waals surface area contributed by atoms with E-state index in [2.05, 4.69) is 15.0 Å². The number of hydrogen-bond donors (Lipinski definition) is 0. The lowest BCUT2D eigenvalue weighted by Gasteiger charge is -2.24. The van der Waals surface area contributed by atoms with Crippen molar-refractivity contribution in [2.24, 2.45) is 0 Å². The van der Waals surface area contributed by atoms with Crippen LogP contribution in [0.4, 0.5) is 5.82 Å². The first-order chi connectivity index (χ1) is 13.9. The molecule has 11 heteroatoms. The molecule has 0 aliphatic rings. The predicted molar refractivity (Wildman–Crippen MR) is 109 cm³/mol. The molecule has 8 nitrogen and oxygen atoms in total. The number of rotatable bonds is 7. The fraction of sp³-hybridized carbons (Fsp3) is 0.167. The van der Waals surface area contributed by atoms with E-state index >= 15 is 0 Å². The molecule has 29 heavy (non-hydrogen) atoms. The summed E-state index contributed by atoms with van der Waals surface area (Å²) in [6, 6.07) is 7.82. The van der Waals surface area contributed by atoms with Crippen molar-refractivity contribution in [2.75, 3.05) is 18.5 Å². The zero-order chi connectivity index (χ0) is 21.0. The van der Waals surface area contributed by atoms with E-state index in [1.54, 1.807) is 18.2 Å². The van der Waals surface area contributed by atoms with Gasteiger partial charge in [0.1, 0.15) is 33.7 Å². The highest BCUT2D eigenvalue weighted by molar-refractivity contribution is 7.92. The molecule has 0 saturated heterocycles. The van der Waals surface area contributed by atoms with E-state index in [4.69, 9.17) is 32.7 Å². The third-order valence-electron chi connectivity index (χ3n) is 3.99. The number of nitrogens with zero attached hydrogens (tertiary/aromatic N) is 4. The van der Waals surface area contributed by atoms with Gasteiger partial charge in [0.25, 0.3) is 10.0 Å². The van der Waals surface area contributed by atoms with Gasteiger partial charge in [0.15, 0.2) is 0 Å². The lowest BCUT2D eigenvalue weighted by atomic mass is 10.2. The van der Waals surface area contributed by atoms with E-state index in [1.807, 2.05) is 0 Å². The lowest BCUT2D eigenvalue weighted by molar-refractivity contribution is 0.391. The molecule has 2 aromatic heterocycles. The van der Waals surface area contributed by atoms with Crippen molar-refractivity contribution in [2.45, 2.75) is 11.4 Å². The van der Waals surface area contributed by atoms with Gasteiger partial charge in [-0.05, 0) is 18.2 Å². The summed E-state index contributed by atoms with van der Waals surface area (Å²) in [6.45, 7) is -0.0627. The first-order valence-electron chi connectivity index (χ1n) is 8.17. The van der Waals surface area contributed by atoms with Crippen LogP contribution in [0.2, 0.25) is 10.2 Å². The van der Waals surface area contributed by atoms with Crippen molar-refractivity contribution >= 4 is 39.0 Å². The Bertz CT molecular complexity index is 1110. The highest BCUT2D eigenvalue weighted by atomic mass is 35.5. The molecule has 0 unspecified atom stereocenters. The molecule has 0 N–H and O–H groups in total. The fourth-order valence-electron chi connectivity index (χ4n) is 2.53. The smallest absolute Gasteiger partial charge is 0.267 e. The van der Waals surface area contributed by atoms with E-state index in [0.29, 0.717) is 17.1 Å². The van der Waals surface area contributed by atoms with Crippen LogP contribution in [0.1, 0.15) is 5.56 Å². The summed E-state index contributed by atoms with van der Waals surface area (Å²) in [7, 11) is -1.06. The summed E-state index contributed by atoms with van der Waals surface area (Å²) < 4.78 is 38.5. The molecular weight excluding hydrogens is 439 g/mol. The first-order valence-corrected chi connectivity index (χ1v) is 10.4. The van der Waals surface area contributed by atoms with Gasteiger partial charge in [-0.2, -0.15) is 0 Å². The zero-order valence-corrected chi connectivity index (χ0v) is 17.7. The van der Waals surface area contributed by atoms with Crippen LogP contribution in [0.25, 0.3) is 0 Å². The fourth-order valence-corrected chi connectivity index (χ4v) is 4.23. The molecular formula is C18H16Cl2N4O4S. The summed E-state index contributed by atoms with van der Waals surface area (Å²) in [5.41, 5.74) is 0.600. The Morgan fingerprint density at radius 1 is 1.07 bits per heavy atom. The molecule has 3 aromatic rings. The number of hydrogen-bond acceptors (Lipinski definition) is 7. The molecule has 152 valence electrons. The van der Waals surface area contributed by atoms with E-state index in [9.17, 15) is 8.42 Å². The van der Waals surface area contributed by atoms with Gasteiger partial charge < -0.3 is 9.47 Å². The number of pyridine rings is 1. The molecule has 0 bridgehead atoms. The number of ether oxygens (including phenoxy) is 2. The average molecular weight is 455 g/mol. The van der Waals surface area contributed by atoms with Gasteiger partial charge >= 0.3 is 0 Å². The third-order valence-corrected chi connectivity index (χ3v) is 6.39. The minimum atomic E-state index is -4.08. The Hall–Kier alpha value is -2.62. The Morgan fingerprint density at radius 2 is 1.86 bits per heavy atom. The van der Waals surface area contributed by atoms with Crippen molar-refractivity contribution in [3.63, 3.8) is 0 Å². The Morgan fingerprint density at radius 3 is 2.48 bits per heavy atom. The van der Waals surface area contributed by atoms with Crippen LogP contribution in [0.15, 0.2) is 53.9 Å². The molecule has 0 radical (unpaired) electrons. The minimum Gasteiger partial charge on any atom is -0.497 e. The highest BCUT2D eigenvalue weighted by Gasteiger charge is 2.28. The standard InChI is InChI=1S/C18H16Cl2N4O4S/c1-27-13-4-3-12(16(7-13)28-2)10-24(17-5-6-21-11-23-17)29(25,26)14-8-15(19)18(20)22-9-14/h3-9,11H,10H2,1-2H3. The summed E-state index contributed by atoms with van der Waals surface area (Å²) >= 11 is 11.8. The number of benzene rings is 1. The normalized spacial score (nSPS) is 11.2. The van der Waals surface area contributed by atoms with Crippen molar-refractivity contribution < 1.29 is 17.9 Å². The molecule has 0 aliphatic carbocycles. The average Bonchev–Trinajstić information content (AvgIpc) is 2.74. The SMILES string of the molecule is COc1ccc(CN(c2ccncn2)S(=O)(=O)c2cnc(Cl)c(Cl)c2)c(OC)c1. The number of methoxy groups -OCH3 is 2. The molecule has 0 fully saturated rings. The Labute approximate surface area is 178 Å². The molecule has 0 amide bonds. The highest BCUT2D eigenvalue weighted by Crippen LogP contribution is 2.31. The third kappa shape index (κ3) is 4.52. The summed E-state index contributed by atoms with van der Waals surface area (Å²) in [6.07, 6.45) is 3.85. The molecule has 3 rings (SSSR count). The number of aromatic nitrogens is 3. The van der Waals surface area contributed by atoms with Crippen LogP contribution in [-0.2, 0) is 16.6 Å². The van der Waals surface area contributed by atoms with Gasteiger partial charge in [-0.1, -0.05) is 23.2 Å². The molecule has 0 atom stereocenters. The number of sulfonamides is 1. The molecule has 0 saturated carbocycles. The summed E-state index contributed by atoms with van der Waals surface area (Å²) in [5, 5.41) is 0.0356. The maximum atomic E-state index is 13.4. The van der Waals surface area contributed by atoms with E-state index < -0.39 is 10.0 Å². The molecule has 2 heterocycles. The van der Waals surface area contributed by atoms with E-state index in [1.165, 1.54) is 38.9 Å². The molecule has 1 aromatic carbocycles. The van der Waals surface area contributed by atoms with Crippen LogP contribution in [0, 0.1) is 0 Å². The second-order valence-corrected chi connectivity index (χ2v) is 8.33. The summed E-state index contributed by atoms with van der Waals surface area (Å²) in [4.78, 5) is 11.6. The predicted octanol–water partition coefficient (Wildman–Crippen LogP) is 3.59. The van der Waals surface area contributed by atoms with Crippen molar-refractivity contribution in [3.05, 3.63) is 64.8 Å². The topological polar surface area (TPSA) is 94.5 Å². The number of halogens is 2. The van der Waals surface area contributed by atoms with Crippen LogP contribution < -0.4 is 13.8 Å². The number of anilines is 1. The van der Waals surface area contributed by atoms with Crippen LogP contribution in [0.5, 0.6) is 11.5 Å². The zero-order valence-electron chi connectivity index (χ0n) is 15.4. The van der Waals surface area contributed by atoms with Gasteiger partial charge in [-0.15, -0.1) is 0 Å². The van der Waals surface area contributed by atoms with Crippen molar-refractivity contribution in [3.8, 4) is 11.5 Å². The Balaban J connectivity index is 2.10. The van der Waals surface area contributed by atoms with Crippen LogP contribution in [0.3, 0.4) is 0 Å². The second kappa shape index (κ2) is 8.81. The Kier molecular flexibility index (Phi) is 6.41. The quantitative estimate of drug-likeness (QED) is 0.503. The van der Waals surface area contributed by atoms with Crippen LogP contribution in [-0.4, -0.2) is 37.6 Å². The van der Waals surface area contributed by atoms with Crippen molar-refractivity contribution in [1.82, 2.24) is 15.0 Å². The van der Waals surface area contributed by atoms with Gasteiger partial charge in [-0.3, -0.25) is 0 Å². The van der Waals surface area contributed by atoms with Crippen molar-refractivity contribution in [1.29, 1.82) is 0 Å². The van der Waals surface area contributed by atoms with Gasteiger partial charge in [0.05, 0.1) is 25.8 Å². The second-order valence-electron chi connectivity index (χ2n) is 5.70. The van der Waals surface area contributed by atoms with Gasteiger partial charge in [-0.25, -0.2) is 27.7 Å². The van der Waals surface area contributed by atoms with Crippen LogP contribution >= 0.6 is 23.2 Å². The maximum absolute atomic E-state index is 13.4. The summed E-state index contributed by atoms with van der Waals surface area (Å²) in [5.74, 6) is 1.21. The first kappa shape index (κ1) is 21.1. The maximum Gasteiger partial charge on any atom is 0.267 e. The lowest BCUT2D eigenvalue weighted by Crippen LogP contribution is -2.31. The largest absolute Gasteiger partial charge is 0.497 e. The van der Waals surface area contributed by atoms with Gasteiger partial charge in [0.2, 0.25) is 0 Å². The monoisotopic (exact) mass is 454 g/mol. The minimum absolute atomic E-state index is 0.0102. The van der Waals surface area contributed by atoms with E-state index in [-0.39, 0.29) is 27.4 Å². The molecule has 0 aliphatic heterocycles. The van der Waals surface area contributed by atoms with Gasteiger partial charge in [0, 0.05) is 30.1 Å². The molecule has 0 spiro atoms. The van der Waals surface area contributed by atoms with E-state index in [0.717, 1.165) is 10.5 Å².